The van der Waals surface area contributed by atoms with E-state index in [1.54, 1.807) is 0 Å². The Labute approximate surface area is 809 Å². The molecule has 23 aromatic rings. The van der Waals surface area contributed by atoms with Gasteiger partial charge in [-0.05, 0) is 261 Å². The van der Waals surface area contributed by atoms with Crippen LogP contribution in [0.1, 0.15) is 0 Å². The maximum atomic E-state index is 2.34. The van der Waals surface area contributed by atoms with Crippen LogP contribution in [-0.4, -0.2) is 28.2 Å². The van der Waals surface area contributed by atoms with E-state index in [1.165, 1.54) is 116 Å². The van der Waals surface area contributed by atoms with Gasteiger partial charge < -0.3 is 39.2 Å². The Bertz CT molecular complexity index is 7960. The maximum Gasteiger partial charge on any atom is 0.0540 e. The van der Waals surface area contributed by atoms with Crippen molar-refractivity contribution in [1.82, 2.24) is 0 Å². The van der Waals surface area contributed by atoms with E-state index < -0.39 is 0 Å². The SMILES string of the molecule is CN(c1ccc(-c2ccccc2)cc1)c1ccc(N(c2ccccc2)c2cccc3ccccc23)cc1.CN(c1ccc(N(c2ccccc2)c2cccc3ccccc23)cc1)c1ccc2ccccc2c1.CN(c1ccc(N(c2ccccc2)c2cccc3ccccc23)cc1)c1cccc2ccccc12.CN(c1ccccc1)c1ccc(N(c2ccccc2)c2cccc3ccccc23)cc1. The number of hydrogen-bond donors (Lipinski definition) is 0. The van der Waals surface area contributed by atoms with Crippen molar-refractivity contribution in [2.45, 2.75) is 0 Å². The summed E-state index contributed by atoms with van der Waals surface area (Å²) in [5, 5.41) is 14.9. The van der Waals surface area contributed by atoms with E-state index in [1.807, 2.05) is 6.07 Å². The van der Waals surface area contributed by atoms with E-state index in [9.17, 15) is 0 Å². The Kier molecular flexibility index (Phi) is 26.4. The van der Waals surface area contributed by atoms with Crippen molar-refractivity contribution in [1.29, 1.82) is 0 Å². The lowest BCUT2D eigenvalue weighted by molar-refractivity contribution is 1.20. The standard InChI is InChI=1S/C35H28N2.2C33H26N2.C29H24N2/c1-36(30-21-19-28(20-22-30)27-11-4-2-5-12-27)31-23-25-33(26-24-31)37(32-15-6-3-7-16-32)35-18-10-14-29-13-8-9-17-34(29)35;1-34(32-19-9-13-25-11-5-7-17-30(25)32)27-21-23-29(24-22-27)35(28-15-3-2-4-16-28)33-20-10-14-26-12-6-8-18-31(26)33;1-34(31-19-18-25-10-5-6-12-27(25)24-31)28-20-22-30(23-21-28)35(29-14-3-2-4-15-29)33-17-9-13-26-11-7-8-16-32(26)33;1-30(24-13-4-2-5-14-24)25-19-21-27(22-20-25)31(26-15-6-3-7-16-26)29-18-10-12-23-11-8-9-17-28(23)29/h2-26H,1H3;2*2-24H,1H3;2-22H,1H3. The molecule has 23 aromatic carbocycles. The Hall–Kier alpha value is -18.0. The monoisotopic (exact) mass is 1780 g/mol. The highest BCUT2D eigenvalue weighted by molar-refractivity contribution is 6.04. The Morgan fingerprint density at radius 1 is 0.109 bits per heavy atom. The number of anilines is 20. The number of benzene rings is 23. The molecule has 0 saturated carbocycles. The number of para-hydroxylation sites is 5. The van der Waals surface area contributed by atoms with E-state index in [4.69, 9.17) is 0 Å². The van der Waals surface area contributed by atoms with Gasteiger partial charge in [0.2, 0.25) is 0 Å². The van der Waals surface area contributed by atoms with Gasteiger partial charge in [0, 0.05) is 146 Å². The summed E-state index contributed by atoms with van der Waals surface area (Å²) < 4.78 is 0. The number of nitrogens with zero attached hydrogens (tertiary/aromatic N) is 8. The van der Waals surface area contributed by atoms with Crippen LogP contribution in [0, 0.1) is 0 Å². The van der Waals surface area contributed by atoms with Crippen LogP contribution in [0.15, 0.2) is 558 Å². The molecule has 8 heteroatoms. The van der Waals surface area contributed by atoms with Gasteiger partial charge in [0.1, 0.15) is 0 Å². The number of rotatable bonds is 21. The average Bonchev–Trinajstić information content (AvgIpc) is 0.787. The lowest BCUT2D eigenvalue weighted by atomic mass is 10.1. The Morgan fingerprint density at radius 2 is 0.290 bits per heavy atom. The maximum absolute atomic E-state index is 2.34. The van der Waals surface area contributed by atoms with Crippen LogP contribution in [0.5, 0.6) is 0 Å². The molecule has 0 fully saturated rings. The predicted octanol–water partition coefficient (Wildman–Crippen LogP) is 36.3. The lowest BCUT2D eigenvalue weighted by Crippen LogP contribution is -2.12. The topological polar surface area (TPSA) is 25.9 Å². The average molecular weight is 1780 g/mol. The summed E-state index contributed by atoms with van der Waals surface area (Å²) in [7, 11) is 8.48. The number of fused-ring (bicyclic) bond motifs is 6. The van der Waals surface area contributed by atoms with Gasteiger partial charge in [-0.1, -0.05) is 346 Å². The quantitative estimate of drug-likeness (QED) is 0.0702. The van der Waals surface area contributed by atoms with Crippen LogP contribution in [-0.2, 0) is 0 Å². The largest absolute Gasteiger partial charge is 0.345 e. The molecule has 138 heavy (non-hydrogen) atoms. The first-order chi connectivity index (χ1) is 68.2. The van der Waals surface area contributed by atoms with Gasteiger partial charge >= 0.3 is 0 Å². The molecular formula is C130H104N8. The summed E-state index contributed by atoms with van der Waals surface area (Å²) in [5.41, 5.74) is 25.5. The molecule has 0 aliphatic rings. The van der Waals surface area contributed by atoms with E-state index in [0.29, 0.717) is 0 Å². The van der Waals surface area contributed by atoms with E-state index in [2.05, 4.69) is 619 Å². The fourth-order valence-electron chi connectivity index (χ4n) is 18.6. The van der Waals surface area contributed by atoms with Gasteiger partial charge in [-0.2, -0.15) is 0 Å². The second kappa shape index (κ2) is 41.4. The third-order valence-corrected chi connectivity index (χ3v) is 25.8. The molecule has 0 bridgehead atoms. The highest BCUT2D eigenvalue weighted by Gasteiger charge is 2.23. The lowest BCUT2D eigenvalue weighted by Gasteiger charge is -2.28. The molecule has 0 radical (unpaired) electrons. The molecule has 0 aliphatic heterocycles. The molecule has 8 nitrogen and oxygen atoms in total. The Balaban J connectivity index is 0.000000114. The van der Waals surface area contributed by atoms with Crippen LogP contribution in [0.3, 0.4) is 0 Å². The van der Waals surface area contributed by atoms with Crippen molar-refractivity contribution in [3.8, 4) is 11.1 Å². The minimum absolute atomic E-state index is 1.12. The van der Waals surface area contributed by atoms with Gasteiger partial charge in [-0.3, -0.25) is 0 Å². The summed E-state index contributed by atoms with van der Waals surface area (Å²) in [5.74, 6) is 0. The van der Waals surface area contributed by atoms with Gasteiger partial charge in [0.15, 0.2) is 0 Å². The van der Waals surface area contributed by atoms with Gasteiger partial charge in [0.25, 0.3) is 0 Å². The van der Waals surface area contributed by atoms with Crippen LogP contribution in [0.2, 0.25) is 0 Å². The number of hydrogen-bond acceptors (Lipinski definition) is 8. The fraction of sp³-hybridized carbons (Fsp3) is 0.0308. The van der Waals surface area contributed by atoms with Gasteiger partial charge in [-0.25, -0.2) is 0 Å². The predicted molar refractivity (Wildman–Crippen MR) is 593 cm³/mol. The Morgan fingerprint density at radius 3 is 0.594 bits per heavy atom. The second-order valence-corrected chi connectivity index (χ2v) is 34.3. The third kappa shape index (κ3) is 19.3. The minimum atomic E-state index is 1.12. The first-order valence-corrected chi connectivity index (χ1v) is 47.0. The van der Waals surface area contributed by atoms with Crippen LogP contribution < -0.4 is 39.2 Å². The summed E-state index contributed by atoms with van der Waals surface area (Å²) in [6.07, 6.45) is 0. The summed E-state index contributed by atoms with van der Waals surface area (Å²) in [4.78, 5) is 18.3. The molecule has 664 valence electrons. The van der Waals surface area contributed by atoms with Crippen molar-refractivity contribution in [3.63, 3.8) is 0 Å². The third-order valence-electron chi connectivity index (χ3n) is 25.8. The molecule has 0 saturated heterocycles. The highest BCUT2D eigenvalue weighted by atomic mass is 15.2. The minimum Gasteiger partial charge on any atom is -0.345 e. The van der Waals surface area contributed by atoms with E-state index in [0.717, 1.165) is 73.9 Å². The zero-order valence-electron chi connectivity index (χ0n) is 77.7. The molecule has 0 heterocycles. The molecule has 0 N–H and O–H groups in total. The molecule has 0 atom stereocenters. The van der Waals surface area contributed by atoms with E-state index >= 15 is 0 Å². The zero-order chi connectivity index (χ0) is 93.3. The first kappa shape index (κ1) is 88.0. The molecule has 0 aromatic heterocycles. The van der Waals surface area contributed by atoms with Gasteiger partial charge in [-0.15, -0.1) is 0 Å². The smallest absolute Gasteiger partial charge is 0.0540 e. The van der Waals surface area contributed by atoms with E-state index in [-0.39, 0.29) is 0 Å². The fourth-order valence-corrected chi connectivity index (χ4v) is 18.6. The summed E-state index contributed by atoms with van der Waals surface area (Å²) >= 11 is 0. The summed E-state index contributed by atoms with van der Waals surface area (Å²) in [6, 6.07) is 198. The van der Waals surface area contributed by atoms with Crippen molar-refractivity contribution >= 4 is 178 Å². The van der Waals surface area contributed by atoms with Crippen LogP contribution in [0.25, 0.3) is 75.8 Å². The van der Waals surface area contributed by atoms with Gasteiger partial charge in [0.05, 0.1) is 22.7 Å². The normalized spacial score (nSPS) is 10.9. The molecule has 0 spiro atoms. The van der Waals surface area contributed by atoms with Crippen LogP contribution >= 0.6 is 0 Å². The molecule has 23 rings (SSSR count). The van der Waals surface area contributed by atoms with Crippen molar-refractivity contribution in [2.75, 3.05) is 67.4 Å². The van der Waals surface area contributed by atoms with Crippen molar-refractivity contribution in [3.05, 3.63) is 558 Å². The van der Waals surface area contributed by atoms with Crippen molar-refractivity contribution in [2.24, 2.45) is 0 Å². The second-order valence-electron chi connectivity index (χ2n) is 34.3. The van der Waals surface area contributed by atoms with Crippen molar-refractivity contribution < 1.29 is 0 Å². The first-order valence-electron chi connectivity index (χ1n) is 47.0. The molecule has 0 aliphatic carbocycles. The summed E-state index contributed by atoms with van der Waals surface area (Å²) in [6.45, 7) is 0. The zero-order valence-corrected chi connectivity index (χ0v) is 77.7. The molecule has 0 unspecified atom stereocenters. The molecule has 0 amide bonds. The van der Waals surface area contributed by atoms with Crippen LogP contribution in [0.4, 0.5) is 114 Å². The molecular weight excluding hydrogens is 1670 g/mol. The highest BCUT2D eigenvalue weighted by Crippen LogP contribution is 2.47.